The van der Waals surface area contributed by atoms with Gasteiger partial charge in [-0.3, -0.25) is 4.79 Å². The third-order valence-electron chi connectivity index (χ3n) is 2.97. The Labute approximate surface area is 89.8 Å². The van der Waals surface area contributed by atoms with Gasteiger partial charge >= 0.3 is 0 Å². The summed E-state index contributed by atoms with van der Waals surface area (Å²) in [5.41, 5.74) is 0.731. The molecule has 3 nitrogen and oxygen atoms in total. The van der Waals surface area contributed by atoms with Crippen LogP contribution in [-0.2, 0) is 4.74 Å². The number of carbonyl (C=O) groups is 1. The highest BCUT2D eigenvalue weighted by atomic mass is 16.5. The largest absolute Gasteiger partial charge is 0.378 e. The maximum Gasteiger partial charge on any atom is 0.179 e. The Hall–Kier alpha value is -1.09. The summed E-state index contributed by atoms with van der Waals surface area (Å²) in [5, 5.41) is 0. The Kier molecular flexibility index (Phi) is 3.21. The first-order valence-corrected chi connectivity index (χ1v) is 5.57. The maximum absolute atomic E-state index is 11.7. The number of hydrogen-bond acceptors (Lipinski definition) is 2. The number of ether oxygens (including phenoxy) is 1. The highest BCUT2D eigenvalue weighted by Crippen LogP contribution is 2.33. The molecule has 3 heteroatoms. The van der Waals surface area contributed by atoms with E-state index in [1.165, 1.54) is 0 Å². The van der Waals surface area contributed by atoms with E-state index in [0.717, 1.165) is 25.1 Å². The van der Waals surface area contributed by atoms with Crippen molar-refractivity contribution in [2.75, 3.05) is 6.61 Å². The van der Waals surface area contributed by atoms with Crippen molar-refractivity contribution < 1.29 is 9.53 Å². The molecule has 0 spiro atoms. The van der Waals surface area contributed by atoms with Crippen LogP contribution in [0.25, 0.3) is 0 Å². The summed E-state index contributed by atoms with van der Waals surface area (Å²) in [5.74, 6) is 0.747. The van der Waals surface area contributed by atoms with Gasteiger partial charge in [0.05, 0.1) is 11.8 Å². The Bertz CT molecular complexity index is 312. The van der Waals surface area contributed by atoms with Crippen molar-refractivity contribution in [3.63, 3.8) is 0 Å². The molecule has 0 unspecified atom stereocenters. The van der Waals surface area contributed by atoms with Crippen molar-refractivity contribution >= 4 is 5.78 Å². The molecule has 15 heavy (non-hydrogen) atoms. The standard InChI is InChI=1S/C12H17NO2/c1-2-15-10-6-9(7-10)8-12(14)11-4-3-5-13-11/h3-5,9-10,13H,2,6-8H2,1H3. The van der Waals surface area contributed by atoms with Gasteiger partial charge in [-0.15, -0.1) is 0 Å². The van der Waals surface area contributed by atoms with Gasteiger partial charge in [0.2, 0.25) is 0 Å². The second-order valence-electron chi connectivity index (χ2n) is 4.13. The third-order valence-corrected chi connectivity index (χ3v) is 2.97. The minimum atomic E-state index is 0.222. The van der Waals surface area contributed by atoms with Gasteiger partial charge in [-0.05, 0) is 37.8 Å². The van der Waals surface area contributed by atoms with Crippen LogP contribution in [0.1, 0.15) is 36.7 Å². The number of carbonyl (C=O) groups excluding carboxylic acids is 1. The lowest BCUT2D eigenvalue weighted by Crippen LogP contribution is -2.32. The second kappa shape index (κ2) is 4.62. The molecule has 2 rings (SSSR count). The lowest BCUT2D eigenvalue weighted by Gasteiger charge is -2.34. The SMILES string of the molecule is CCOC1CC(CC(=O)c2ccc[nH]2)C1. The lowest BCUT2D eigenvalue weighted by molar-refractivity contribution is -0.0246. The zero-order valence-corrected chi connectivity index (χ0v) is 9.03. The molecule has 1 aliphatic rings. The quantitative estimate of drug-likeness (QED) is 0.753. The smallest absolute Gasteiger partial charge is 0.179 e. The number of hydrogen-bond donors (Lipinski definition) is 1. The van der Waals surface area contributed by atoms with E-state index in [1.807, 2.05) is 19.1 Å². The first-order valence-electron chi connectivity index (χ1n) is 5.57. The molecule has 0 atom stereocenters. The minimum Gasteiger partial charge on any atom is -0.378 e. The monoisotopic (exact) mass is 207 g/mol. The van der Waals surface area contributed by atoms with Crippen LogP contribution in [0.3, 0.4) is 0 Å². The van der Waals surface area contributed by atoms with Crippen LogP contribution in [-0.4, -0.2) is 23.5 Å². The van der Waals surface area contributed by atoms with E-state index < -0.39 is 0 Å². The number of Topliss-reactive ketones (excluding diaryl/α,β-unsaturated/α-hetero) is 1. The van der Waals surface area contributed by atoms with Gasteiger partial charge in [0, 0.05) is 19.2 Å². The average Bonchev–Trinajstić information content (AvgIpc) is 2.67. The molecule has 1 aromatic rings. The van der Waals surface area contributed by atoms with Crippen LogP contribution in [0.15, 0.2) is 18.3 Å². The summed E-state index contributed by atoms with van der Waals surface area (Å²) in [4.78, 5) is 14.6. The second-order valence-corrected chi connectivity index (χ2v) is 4.13. The molecule has 1 aromatic heterocycles. The van der Waals surface area contributed by atoms with Gasteiger partial charge in [-0.1, -0.05) is 0 Å². The van der Waals surface area contributed by atoms with Crippen molar-refractivity contribution in [1.82, 2.24) is 4.98 Å². The summed E-state index contributed by atoms with van der Waals surface area (Å²) < 4.78 is 5.46. The average molecular weight is 207 g/mol. The highest BCUT2D eigenvalue weighted by Gasteiger charge is 2.31. The van der Waals surface area contributed by atoms with Crippen molar-refractivity contribution in [2.45, 2.75) is 32.3 Å². The molecule has 1 aliphatic carbocycles. The zero-order chi connectivity index (χ0) is 10.7. The number of rotatable bonds is 5. The van der Waals surface area contributed by atoms with E-state index >= 15 is 0 Å². The summed E-state index contributed by atoms with van der Waals surface area (Å²) in [6.07, 6.45) is 4.93. The van der Waals surface area contributed by atoms with Crippen molar-refractivity contribution in [3.8, 4) is 0 Å². The van der Waals surface area contributed by atoms with E-state index in [9.17, 15) is 4.79 Å². The summed E-state index contributed by atoms with van der Waals surface area (Å²) >= 11 is 0. The fraction of sp³-hybridized carbons (Fsp3) is 0.583. The van der Waals surface area contributed by atoms with E-state index in [-0.39, 0.29) is 5.78 Å². The lowest BCUT2D eigenvalue weighted by atomic mass is 9.79. The first-order chi connectivity index (χ1) is 7.29. The fourth-order valence-corrected chi connectivity index (χ4v) is 2.09. The normalized spacial score (nSPS) is 24.9. The number of nitrogens with one attached hydrogen (secondary N) is 1. The number of ketones is 1. The van der Waals surface area contributed by atoms with Gasteiger partial charge in [0.25, 0.3) is 0 Å². The Morgan fingerprint density at radius 3 is 3.00 bits per heavy atom. The van der Waals surface area contributed by atoms with Gasteiger partial charge in [-0.2, -0.15) is 0 Å². The molecule has 1 N–H and O–H groups in total. The van der Waals surface area contributed by atoms with Crippen molar-refractivity contribution in [1.29, 1.82) is 0 Å². The maximum atomic E-state index is 11.7. The summed E-state index contributed by atoms with van der Waals surface area (Å²) in [6, 6.07) is 3.69. The molecule has 1 heterocycles. The molecule has 0 bridgehead atoms. The summed E-state index contributed by atoms with van der Waals surface area (Å²) in [7, 11) is 0. The first kappa shape index (κ1) is 10.4. The van der Waals surface area contributed by atoms with E-state index in [4.69, 9.17) is 4.74 Å². The number of aromatic amines is 1. The van der Waals surface area contributed by atoms with Crippen molar-refractivity contribution in [2.24, 2.45) is 5.92 Å². The van der Waals surface area contributed by atoms with Crippen LogP contribution >= 0.6 is 0 Å². The fourth-order valence-electron chi connectivity index (χ4n) is 2.09. The van der Waals surface area contributed by atoms with Gasteiger partial charge in [-0.25, -0.2) is 0 Å². The Morgan fingerprint density at radius 1 is 1.60 bits per heavy atom. The number of H-pyrrole nitrogens is 1. The predicted molar refractivity (Wildman–Crippen MR) is 57.9 cm³/mol. The number of aromatic nitrogens is 1. The van der Waals surface area contributed by atoms with E-state index in [0.29, 0.717) is 18.4 Å². The molecule has 0 radical (unpaired) electrons. The molecule has 0 aliphatic heterocycles. The van der Waals surface area contributed by atoms with Crippen LogP contribution in [0.5, 0.6) is 0 Å². The molecule has 82 valence electrons. The van der Waals surface area contributed by atoms with Crippen LogP contribution in [0.2, 0.25) is 0 Å². The summed E-state index contributed by atoms with van der Waals surface area (Å²) in [6.45, 7) is 2.79. The Morgan fingerprint density at radius 2 is 2.40 bits per heavy atom. The molecule has 1 fully saturated rings. The Balaban J connectivity index is 1.74. The van der Waals surface area contributed by atoms with Crippen molar-refractivity contribution in [3.05, 3.63) is 24.0 Å². The highest BCUT2D eigenvalue weighted by molar-refractivity contribution is 5.94. The molecule has 0 aromatic carbocycles. The van der Waals surface area contributed by atoms with E-state index in [2.05, 4.69) is 4.98 Å². The molecule has 0 amide bonds. The molecule has 1 saturated carbocycles. The van der Waals surface area contributed by atoms with E-state index in [1.54, 1.807) is 6.20 Å². The van der Waals surface area contributed by atoms with Gasteiger partial charge < -0.3 is 9.72 Å². The van der Waals surface area contributed by atoms with Crippen LogP contribution in [0.4, 0.5) is 0 Å². The van der Waals surface area contributed by atoms with Gasteiger partial charge in [0.15, 0.2) is 5.78 Å². The zero-order valence-electron chi connectivity index (χ0n) is 9.03. The predicted octanol–water partition coefficient (Wildman–Crippen LogP) is 2.40. The van der Waals surface area contributed by atoms with Crippen LogP contribution < -0.4 is 0 Å². The topological polar surface area (TPSA) is 42.1 Å². The molecular weight excluding hydrogens is 190 g/mol. The van der Waals surface area contributed by atoms with Gasteiger partial charge in [0.1, 0.15) is 0 Å². The molecular formula is C12H17NO2. The van der Waals surface area contributed by atoms with Crippen LogP contribution in [0, 0.1) is 5.92 Å². The minimum absolute atomic E-state index is 0.222. The molecule has 0 saturated heterocycles. The third kappa shape index (κ3) is 2.48.